The lowest BCUT2D eigenvalue weighted by Gasteiger charge is -2.25. The number of hydrogen-bond donors (Lipinski definition) is 1. The van der Waals surface area contributed by atoms with E-state index >= 15 is 0 Å². The third kappa shape index (κ3) is 6.65. The Morgan fingerprint density at radius 3 is 2.30 bits per heavy atom. The van der Waals surface area contributed by atoms with E-state index in [0.29, 0.717) is 12.0 Å². The van der Waals surface area contributed by atoms with Crippen LogP contribution in [0.15, 0.2) is 64.7 Å². The first-order valence-electron chi connectivity index (χ1n) is 10.6. The molecule has 1 unspecified atom stereocenters. The molecule has 2 rings (SSSR count). The number of carbonyl (C=O) groups excluding carboxylic acids is 1. The van der Waals surface area contributed by atoms with Crippen LogP contribution < -0.4 is 5.73 Å². The van der Waals surface area contributed by atoms with Gasteiger partial charge in [-0.1, -0.05) is 43.2 Å². The summed E-state index contributed by atoms with van der Waals surface area (Å²) in [6.07, 6.45) is 5.55. The van der Waals surface area contributed by atoms with E-state index in [4.69, 9.17) is 10.7 Å². The van der Waals surface area contributed by atoms with Gasteiger partial charge in [-0.3, -0.25) is 9.79 Å². The third-order valence-corrected chi connectivity index (χ3v) is 5.37. The van der Waals surface area contributed by atoms with E-state index in [1.807, 2.05) is 45.0 Å². The van der Waals surface area contributed by atoms with Crippen molar-refractivity contribution in [1.82, 2.24) is 0 Å². The number of nitrogen functional groups attached to an aromatic ring is 1. The van der Waals surface area contributed by atoms with Crippen molar-refractivity contribution in [2.24, 2.45) is 4.99 Å². The molecule has 0 aliphatic carbocycles. The SMILES string of the molecule is CCCC(C)(N=CC(C(=O)CCCc1ccc(N)cc1)=C(C)C)c1ccc(F)cc1. The fourth-order valence-corrected chi connectivity index (χ4v) is 3.54. The van der Waals surface area contributed by atoms with Gasteiger partial charge in [-0.2, -0.15) is 0 Å². The molecule has 0 saturated heterocycles. The summed E-state index contributed by atoms with van der Waals surface area (Å²) in [5.74, 6) is -0.157. The van der Waals surface area contributed by atoms with Gasteiger partial charge in [0.1, 0.15) is 5.82 Å². The first kappa shape index (κ1) is 23.5. The molecule has 0 heterocycles. The Morgan fingerprint density at radius 1 is 1.10 bits per heavy atom. The molecule has 0 fully saturated rings. The minimum absolute atomic E-state index is 0.104. The Hall–Kier alpha value is -2.75. The number of ketones is 1. The molecule has 160 valence electrons. The Labute approximate surface area is 179 Å². The molecule has 3 nitrogen and oxygen atoms in total. The molecule has 2 aromatic carbocycles. The molecule has 0 bridgehead atoms. The van der Waals surface area contributed by atoms with Crippen LogP contribution in [0.2, 0.25) is 0 Å². The number of halogens is 1. The third-order valence-electron chi connectivity index (χ3n) is 5.37. The Balaban J connectivity index is 2.11. The number of nitrogens with zero attached hydrogens (tertiary/aromatic N) is 1. The van der Waals surface area contributed by atoms with E-state index in [1.54, 1.807) is 18.3 Å². The van der Waals surface area contributed by atoms with Crippen LogP contribution in [0.25, 0.3) is 0 Å². The Bertz CT molecular complexity index is 894. The molecule has 0 aliphatic rings. The topological polar surface area (TPSA) is 55.5 Å². The van der Waals surface area contributed by atoms with Crippen molar-refractivity contribution in [1.29, 1.82) is 0 Å². The van der Waals surface area contributed by atoms with Crippen molar-refractivity contribution in [3.05, 3.63) is 76.6 Å². The van der Waals surface area contributed by atoms with Crippen LogP contribution in [0.5, 0.6) is 0 Å². The number of allylic oxidation sites excluding steroid dienone is 2. The number of nitrogens with two attached hydrogens (primary N) is 1. The van der Waals surface area contributed by atoms with Gasteiger partial charge in [-0.15, -0.1) is 0 Å². The molecule has 2 N–H and O–H groups in total. The maximum atomic E-state index is 13.4. The number of rotatable bonds is 10. The summed E-state index contributed by atoms with van der Waals surface area (Å²) in [6, 6.07) is 14.2. The normalized spacial score (nSPS) is 13.2. The van der Waals surface area contributed by atoms with Gasteiger partial charge in [-0.05, 0) is 75.4 Å². The summed E-state index contributed by atoms with van der Waals surface area (Å²) in [5.41, 5.74) is 9.72. The highest BCUT2D eigenvalue weighted by atomic mass is 19.1. The standard InChI is InChI=1S/C26H33FN2O/c1-5-17-26(4,21-11-13-22(27)14-12-21)29-18-24(19(2)3)25(30)8-6-7-20-9-15-23(28)16-10-20/h9-16,18H,5-8,17,28H2,1-4H3. The van der Waals surface area contributed by atoms with Gasteiger partial charge in [0.15, 0.2) is 5.78 Å². The number of benzene rings is 2. The number of anilines is 1. The van der Waals surface area contributed by atoms with E-state index in [1.165, 1.54) is 17.7 Å². The van der Waals surface area contributed by atoms with E-state index in [2.05, 4.69) is 6.92 Å². The average Bonchev–Trinajstić information content (AvgIpc) is 2.70. The van der Waals surface area contributed by atoms with Crippen molar-refractivity contribution >= 4 is 17.7 Å². The zero-order valence-corrected chi connectivity index (χ0v) is 18.5. The van der Waals surface area contributed by atoms with Crippen LogP contribution in [0.3, 0.4) is 0 Å². The molecular formula is C26H33FN2O. The molecule has 1 atom stereocenters. The molecule has 0 radical (unpaired) electrons. The number of carbonyl (C=O) groups is 1. The van der Waals surface area contributed by atoms with Crippen LogP contribution in [-0.2, 0) is 16.8 Å². The molecular weight excluding hydrogens is 375 g/mol. The van der Waals surface area contributed by atoms with Crippen molar-refractivity contribution in [3.8, 4) is 0 Å². The zero-order valence-electron chi connectivity index (χ0n) is 18.5. The minimum atomic E-state index is -0.493. The fourth-order valence-electron chi connectivity index (χ4n) is 3.54. The second kappa shape index (κ2) is 10.9. The van der Waals surface area contributed by atoms with Gasteiger partial charge in [0, 0.05) is 23.9 Å². The van der Waals surface area contributed by atoms with E-state index in [0.717, 1.165) is 42.5 Å². The summed E-state index contributed by atoms with van der Waals surface area (Å²) in [5, 5.41) is 0. The van der Waals surface area contributed by atoms with Crippen molar-refractivity contribution < 1.29 is 9.18 Å². The highest BCUT2D eigenvalue weighted by Gasteiger charge is 2.24. The monoisotopic (exact) mass is 408 g/mol. The van der Waals surface area contributed by atoms with Crippen molar-refractivity contribution in [2.75, 3.05) is 5.73 Å². The number of aryl methyl sites for hydroxylation is 1. The molecule has 0 amide bonds. The number of Topliss-reactive ketones (excluding diaryl/α,β-unsaturated/α-hetero) is 1. The van der Waals surface area contributed by atoms with Crippen LogP contribution in [-0.4, -0.2) is 12.0 Å². The molecule has 0 aliphatic heterocycles. The van der Waals surface area contributed by atoms with E-state index in [9.17, 15) is 9.18 Å². The van der Waals surface area contributed by atoms with Crippen LogP contribution in [0.1, 0.15) is 64.5 Å². The number of aliphatic imine (C=N–C) groups is 1. The highest BCUT2D eigenvalue weighted by molar-refractivity contribution is 6.13. The largest absolute Gasteiger partial charge is 0.399 e. The molecule has 2 aromatic rings. The molecule has 0 spiro atoms. The molecule has 30 heavy (non-hydrogen) atoms. The maximum absolute atomic E-state index is 13.4. The van der Waals surface area contributed by atoms with Crippen molar-refractivity contribution in [3.63, 3.8) is 0 Å². The molecule has 4 heteroatoms. The van der Waals surface area contributed by atoms with Crippen LogP contribution >= 0.6 is 0 Å². The van der Waals surface area contributed by atoms with Gasteiger partial charge in [0.2, 0.25) is 0 Å². The van der Waals surface area contributed by atoms with Gasteiger partial charge in [0.05, 0.1) is 5.54 Å². The van der Waals surface area contributed by atoms with E-state index in [-0.39, 0.29) is 11.6 Å². The number of hydrogen-bond acceptors (Lipinski definition) is 3. The van der Waals surface area contributed by atoms with Gasteiger partial charge in [0.25, 0.3) is 0 Å². The summed E-state index contributed by atoms with van der Waals surface area (Å²) >= 11 is 0. The first-order chi connectivity index (χ1) is 14.2. The quantitative estimate of drug-likeness (QED) is 0.280. The maximum Gasteiger partial charge on any atom is 0.164 e. The Morgan fingerprint density at radius 2 is 1.73 bits per heavy atom. The van der Waals surface area contributed by atoms with Crippen LogP contribution in [0, 0.1) is 5.82 Å². The fraction of sp³-hybridized carbons (Fsp3) is 0.385. The first-order valence-corrected chi connectivity index (χ1v) is 10.6. The second-order valence-electron chi connectivity index (χ2n) is 8.22. The second-order valence-corrected chi connectivity index (χ2v) is 8.22. The van der Waals surface area contributed by atoms with E-state index < -0.39 is 5.54 Å². The minimum Gasteiger partial charge on any atom is -0.399 e. The molecule has 0 aromatic heterocycles. The van der Waals surface area contributed by atoms with Gasteiger partial charge < -0.3 is 5.73 Å². The van der Waals surface area contributed by atoms with Crippen LogP contribution in [0.4, 0.5) is 10.1 Å². The average molecular weight is 409 g/mol. The highest BCUT2D eigenvalue weighted by Crippen LogP contribution is 2.31. The summed E-state index contributed by atoms with van der Waals surface area (Å²) in [4.78, 5) is 17.7. The lowest BCUT2D eigenvalue weighted by Crippen LogP contribution is -2.20. The summed E-state index contributed by atoms with van der Waals surface area (Å²) in [6.45, 7) is 8.01. The predicted molar refractivity (Wildman–Crippen MR) is 124 cm³/mol. The zero-order chi connectivity index (χ0) is 22.1. The van der Waals surface area contributed by atoms with Crippen molar-refractivity contribution in [2.45, 2.75) is 65.3 Å². The predicted octanol–water partition coefficient (Wildman–Crippen LogP) is 6.42. The smallest absolute Gasteiger partial charge is 0.164 e. The lowest BCUT2D eigenvalue weighted by molar-refractivity contribution is -0.115. The lowest BCUT2D eigenvalue weighted by atomic mass is 9.88. The van der Waals surface area contributed by atoms with Gasteiger partial charge >= 0.3 is 0 Å². The molecule has 0 saturated carbocycles. The Kier molecular flexibility index (Phi) is 8.52. The summed E-state index contributed by atoms with van der Waals surface area (Å²) in [7, 11) is 0. The summed E-state index contributed by atoms with van der Waals surface area (Å²) < 4.78 is 13.4. The van der Waals surface area contributed by atoms with Gasteiger partial charge in [-0.25, -0.2) is 4.39 Å².